The van der Waals surface area contributed by atoms with Crippen molar-refractivity contribution < 1.29 is 14.3 Å². The van der Waals surface area contributed by atoms with Gasteiger partial charge in [0.15, 0.2) is 5.82 Å². The van der Waals surface area contributed by atoms with Crippen LogP contribution in [0.1, 0.15) is 30.6 Å². The van der Waals surface area contributed by atoms with E-state index in [9.17, 15) is 9.59 Å². The number of amides is 1. The lowest BCUT2D eigenvalue weighted by molar-refractivity contribution is -0.142. The van der Waals surface area contributed by atoms with E-state index in [-0.39, 0.29) is 17.1 Å². The van der Waals surface area contributed by atoms with Crippen LogP contribution in [0.4, 0.5) is 5.82 Å². The Hall–Kier alpha value is -2.41. The molecule has 1 heterocycles. The summed E-state index contributed by atoms with van der Waals surface area (Å²) in [6, 6.07) is 12.3. The maximum absolute atomic E-state index is 12.0. The summed E-state index contributed by atoms with van der Waals surface area (Å²) in [5.74, 6) is -0.145. The Morgan fingerprint density at radius 3 is 2.46 bits per heavy atom. The highest BCUT2D eigenvalue weighted by atomic mass is 32.2. The lowest BCUT2D eigenvalue weighted by Gasteiger charge is -2.12. The maximum atomic E-state index is 12.0. The minimum absolute atomic E-state index is 0.247. The van der Waals surface area contributed by atoms with Crippen LogP contribution in [0.15, 0.2) is 47.5 Å². The number of aromatic nitrogens is 2. The van der Waals surface area contributed by atoms with Crippen molar-refractivity contribution >= 4 is 29.5 Å². The number of hydrogen-bond acceptors (Lipinski definition) is 6. The smallest absolute Gasteiger partial charge is 0.319 e. The number of benzene rings is 1. The predicted molar refractivity (Wildman–Crippen MR) is 93.0 cm³/mol. The number of rotatable bonds is 7. The van der Waals surface area contributed by atoms with Gasteiger partial charge in [0.1, 0.15) is 10.3 Å². The van der Waals surface area contributed by atoms with Crippen molar-refractivity contribution in [3.8, 4) is 0 Å². The molecule has 2 aromatic rings. The summed E-state index contributed by atoms with van der Waals surface area (Å²) in [6.07, 6.45) is 0.637. The lowest BCUT2D eigenvalue weighted by atomic mass is 10.2. The van der Waals surface area contributed by atoms with E-state index in [2.05, 4.69) is 15.5 Å². The van der Waals surface area contributed by atoms with Crippen LogP contribution in [0, 0.1) is 0 Å². The maximum Gasteiger partial charge on any atom is 0.319 e. The van der Waals surface area contributed by atoms with Gasteiger partial charge in [-0.3, -0.25) is 9.59 Å². The van der Waals surface area contributed by atoms with Gasteiger partial charge in [-0.15, -0.1) is 10.2 Å². The van der Waals surface area contributed by atoms with E-state index >= 15 is 0 Å². The number of ether oxygens (including phenoxy) is 1. The number of anilines is 1. The van der Waals surface area contributed by atoms with E-state index in [1.54, 1.807) is 43.3 Å². The first-order valence-electron chi connectivity index (χ1n) is 7.67. The molecular weight excluding hydrogens is 326 g/mol. The number of nitrogens with one attached hydrogen (secondary N) is 1. The molecule has 126 valence electrons. The van der Waals surface area contributed by atoms with Crippen molar-refractivity contribution in [2.75, 3.05) is 11.9 Å². The molecule has 2 rings (SSSR count). The third-order valence-electron chi connectivity index (χ3n) is 3.10. The quantitative estimate of drug-likeness (QED) is 0.613. The summed E-state index contributed by atoms with van der Waals surface area (Å²) in [4.78, 5) is 23.8. The summed E-state index contributed by atoms with van der Waals surface area (Å²) in [6.45, 7) is 4.04. The van der Waals surface area contributed by atoms with Gasteiger partial charge in [-0.05, 0) is 37.6 Å². The van der Waals surface area contributed by atoms with Crippen LogP contribution >= 0.6 is 11.8 Å². The first kappa shape index (κ1) is 17.9. The third kappa shape index (κ3) is 5.06. The molecule has 0 aliphatic carbocycles. The molecule has 7 heteroatoms. The van der Waals surface area contributed by atoms with Crippen LogP contribution in [0.3, 0.4) is 0 Å². The molecule has 0 aliphatic heterocycles. The molecule has 1 amide bonds. The molecular formula is C17H19N3O3S. The molecule has 0 saturated heterocycles. The van der Waals surface area contributed by atoms with Gasteiger partial charge in [0, 0.05) is 5.56 Å². The average Bonchev–Trinajstić information content (AvgIpc) is 2.62. The molecule has 0 radical (unpaired) electrons. The van der Waals surface area contributed by atoms with Crippen LogP contribution in [0.5, 0.6) is 0 Å². The lowest BCUT2D eigenvalue weighted by Crippen LogP contribution is -2.19. The largest absolute Gasteiger partial charge is 0.465 e. The topological polar surface area (TPSA) is 81.2 Å². The summed E-state index contributed by atoms with van der Waals surface area (Å²) in [7, 11) is 0. The molecule has 24 heavy (non-hydrogen) atoms. The highest BCUT2D eigenvalue weighted by Gasteiger charge is 2.20. The molecule has 0 fully saturated rings. The SMILES string of the molecule is CCOC(=O)C(CC)Sc1ccc(NC(=O)c2ccccc2)nn1. The van der Waals surface area contributed by atoms with Crippen LogP contribution < -0.4 is 5.32 Å². The van der Waals surface area contributed by atoms with E-state index in [1.807, 2.05) is 13.0 Å². The van der Waals surface area contributed by atoms with Crippen molar-refractivity contribution in [1.82, 2.24) is 10.2 Å². The highest BCUT2D eigenvalue weighted by molar-refractivity contribution is 8.00. The standard InChI is InChI=1S/C17H19N3O3S/c1-3-13(17(22)23-4-2)24-15-11-10-14(19-20-15)18-16(21)12-8-6-5-7-9-12/h5-11,13H,3-4H2,1-2H3,(H,18,19,21). The number of hydrogen-bond donors (Lipinski definition) is 1. The molecule has 0 saturated carbocycles. The molecule has 1 aromatic carbocycles. The molecule has 0 aliphatic rings. The second-order valence-corrected chi connectivity index (χ2v) is 6.07. The van der Waals surface area contributed by atoms with E-state index in [0.29, 0.717) is 29.4 Å². The number of carbonyl (C=O) groups is 2. The Labute approximate surface area is 145 Å². The zero-order valence-electron chi connectivity index (χ0n) is 13.6. The summed E-state index contributed by atoms with van der Waals surface area (Å²) in [5.41, 5.74) is 0.547. The van der Waals surface area contributed by atoms with Gasteiger partial charge in [0.25, 0.3) is 5.91 Å². The number of carbonyl (C=O) groups excluding carboxylic acids is 2. The predicted octanol–water partition coefficient (Wildman–Crippen LogP) is 3.16. The van der Waals surface area contributed by atoms with Crippen molar-refractivity contribution in [2.45, 2.75) is 30.5 Å². The normalized spacial score (nSPS) is 11.6. The third-order valence-corrected chi connectivity index (χ3v) is 4.37. The van der Waals surface area contributed by atoms with Gasteiger partial charge in [-0.25, -0.2) is 0 Å². The highest BCUT2D eigenvalue weighted by Crippen LogP contribution is 2.24. The number of esters is 1. The zero-order chi connectivity index (χ0) is 17.4. The fourth-order valence-corrected chi connectivity index (χ4v) is 2.76. The van der Waals surface area contributed by atoms with Crippen LogP contribution in [-0.2, 0) is 9.53 Å². The van der Waals surface area contributed by atoms with Gasteiger partial charge < -0.3 is 10.1 Å². The summed E-state index contributed by atoms with van der Waals surface area (Å²) in [5, 5.41) is 11.0. The number of thioether (sulfide) groups is 1. The van der Waals surface area contributed by atoms with E-state index in [1.165, 1.54) is 11.8 Å². The van der Waals surface area contributed by atoms with Crippen LogP contribution in [-0.4, -0.2) is 33.9 Å². The molecule has 0 bridgehead atoms. The Bertz CT molecular complexity index is 677. The molecule has 1 unspecified atom stereocenters. The fourth-order valence-electron chi connectivity index (χ4n) is 1.91. The van der Waals surface area contributed by atoms with Crippen molar-refractivity contribution in [1.29, 1.82) is 0 Å². The molecule has 1 aromatic heterocycles. The summed E-state index contributed by atoms with van der Waals surface area (Å²) < 4.78 is 5.03. The van der Waals surface area contributed by atoms with Crippen LogP contribution in [0.2, 0.25) is 0 Å². The van der Waals surface area contributed by atoms with Crippen molar-refractivity contribution in [2.24, 2.45) is 0 Å². The summed E-state index contributed by atoms with van der Waals surface area (Å²) >= 11 is 1.30. The average molecular weight is 345 g/mol. The number of nitrogens with zero attached hydrogens (tertiary/aromatic N) is 2. The fraction of sp³-hybridized carbons (Fsp3) is 0.294. The second-order valence-electron chi connectivity index (χ2n) is 4.84. The minimum Gasteiger partial charge on any atom is -0.465 e. The van der Waals surface area contributed by atoms with Crippen LogP contribution in [0.25, 0.3) is 0 Å². The first-order valence-corrected chi connectivity index (χ1v) is 8.55. The molecule has 1 N–H and O–H groups in total. The van der Waals surface area contributed by atoms with Gasteiger partial charge in [0.05, 0.1) is 6.61 Å². The Balaban J connectivity index is 1.97. The molecule has 0 spiro atoms. The second kappa shape index (κ2) is 9.02. The van der Waals surface area contributed by atoms with E-state index < -0.39 is 0 Å². The van der Waals surface area contributed by atoms with Gasteiger partial charge in [-0.2, -0.15) is 0 Å². The Morgan fingerprint density at radius 1 is 1.12 bits per heavy atom. The molecule has 1 atom stereocenters. The zero-order valence-corrected chi connectivity index (χ0v) is 14.4. The van der Waals surface area contributed by atoms with E-state index in [4.69, 9.17) is 4.74 Å². The van der Waals surface area contributed by atoms with Crippen molar-refractivity contribution in [3.05, 3.63) is 48.0 Å². The van der Waals surface area contributed by atoms with Gasteiger partial charge in [0.2, 0.25) is 0 Å². The Kier molecular flexibility index (Phi) is 6.74. The minimum atomic E-state index is -0.316. The first-order chi connectivity index (χ1) is 11.6. The monoisotopic (exact) mass is 345 g/mol. The van der Waals surface area contributed by atoms with Crippen molar-refractivity contribution in [3.63, 3.8) is 0 Å². The Morgan fingerprint density at radius 2 is 1.88 bits per heavy atom. The molecule has 6 nitrogen and oxygen atoms in total. The van der Waals surface area contributed by atoms with Gasteiger partial charge >= 0.3 is 5.97 Å². The van der Waals surface area contributed by atoms with E-state index in [0.717, 1.165) is 0 Å². The van der Waals surface area contributed by atoms with Gasteiger partial charge in [-0.1, -0.05) is 36.9 Å².